The molecule has 1 fully saturated rings. The Bertz CT molecular complexity index is 467. The second-order valence-corrected chi connectivity index (χ2v) is 5.63. The molecule has 0 aliphatic carbocycles. The van der Waals surface area contributed by atoms with Crippen LogP contribution in [0.3, 0.4) is 0 Å². The van der Waals surface area contributed by atoms with Crippen LogP contribution in [-0.2, 0) is 4.74 Å². The number of ether oxygens (including phenoxy) is 1. The van der Waals surface area contributed by atoms with Crippen LogP contribution in [-0.4, -0.2) is 37.1 Å². The molecule has 5 heteroatoms. The van der Waals surface area contributed by atoms with Gasteiger partial charge in [0.15, 0.2) is 0 Å². The normalized spacial score (nSPS) is 18.9. The smallest absolute Gasteiger partial charge is 0.254 e. The standard InChI is InChI=1S/C14H17Cl2NO2/c1-9-12(15)6-10(7-13(9)16)14(18)17-5-3-4-11(17)8-19-2/h6-7,11H,3-5,8H2,1-2H3/t11-/m0/s1. The van der Waals surface area contributed by atoms with E-state index in [-0.39, 0.29) is 11.9 Å². The van der Waals surface area contributed by atoms with Crippen molar-refractivity contribution < 1.29 is 9.53 Å². The summed E-state index contributed by atoms with van der Waals surface area (Å²) in [4.78, 5) is 14.3. The number of rotatable bonds is 3. The molecule has 1 saturated heterocycles. The minimum absolute atomic E-state index is 0.0247. The van der Waals surface area contributed by atoms with Crippen molar-refractivity contribution in [2.45, 2.75) is 25.8 Å². The molecule has 2 rings (SSSR count). The van der Waals surface area contributed by atoms with Crippen molar-refractivity contribution in [3.05, 3.63) is 33.3 Å². The molecule has 1 amide bonds. The van der Waals surface area contributed by atoms with E-state index < -0.39 is 0 Å². The Morgan fingerprint density at radius 3 is 2.63 bits per heavy atom. The largest absolute Gasteiger partial charge is 0.383 e. The molecule has 3 nitrogen and oxygen atoms in total. The zero-order valence-electron chi connectivity index (χ0n) is 11.1. The van der Waals surface area contributed by atoms with E-state index in [0.717, 1.165) is 24.9 Å². The van der Waals surface area contributed by atoms with Crippen molar-refractivity contribution in [2.24, 2.45) is 0 Å². The molecule has 0 bridgehead atoms. The van der Waals surface area contributed by atoms with Gasteiger partial charge in [0, 0.05) is 29.3 Å². The number of hydrogen-bond acceptors (Lipinski definition) is 2. The molecule has 1 aromatic rings. The van der Waals surface area contributed by atoms with Crippen LogP contribution in [0.5, 0.6) is 0 Å². The van der Waals surface area contributed by atoms with Crippen molar-refractivity contribution in [1.29, 1.82) is 0 Å². The summed E-state index contributed by atoms with van der Waals surface area (Å²) < 4.78 is 5.16. The third-order valence-corrected chi connectivity index (χ3v) is 4.31. The summed E-state index contributed by atoms with van der Waals surface area (Å²) in [7, 11) is 1.65. The average Bonchev–Trinajstić information content (AvgIpc) is 2.83. The number of methoxy groups -OCH3 is 1. The quantitative estimate of drug-likeness (QED) is 0.854. The fourth-order valence-corrected chi connectivity index (χ4v) is 2.89. The Balaban J connectivity index is 2.24. The highest BCUT2D eigenvalue weighted by atomic mass is 35.5. The van der Waals surface area contributed by atoms with Gasteiger partial charge in [0.05, 0.1) is 12.6 Å². The van der Waals surface area contributed by atoms with Gasteiger partial charge in [0.2, 0.25) is 0 Å². The maximum absolute atomic E-state index is 12.5. The van der Waals surface area contributed by atoms with Gasteiger partial charge in [0.1, 0.15) is 0 Å². The molecule has 0 spiro atoms. The maximum atomic E-state index is 12.5. The van der Waals surface area contributed by atoms with E-state index >= 15 is 0 Å². The molecular weight excluding hydrogens is 285 g/mol. The van der Waals surface area contributed by atoms with Gasteiger partial charge in [-0.1, -0.05) is 23.2 Å². The molecule has 0 saturated carbocycles. The fraction of sp³-hybridized carbons (Fsp3) is 0.500. The molecule has 1 aliphatic rings. The fourth-order valence-electron chi connectivity index (χ4n) is 2.40. The summed E-state index contributed by atoms with van der Waals surface area (Å²) in [6.07, 6.45) is 1.99. The van der Waals surface area contributed by atoms with Gasteiger partial charge in [-0.05, 0) is 37.5 Å². The number of halogens is 2. The number of likely N-dealkylation sites (tertiary alicyclic amines) is 1. The Labute approximate surface area is 123 Å². The van der Waals surface area contributed by atoms with Crippen LogP contribution in [0, 0.1) is 6.92 Å². The molecular formula is C14H17Cl2NO2. The van der Waals surface area contributed by atoms with Gasteiger partial charge in [-0.15, -0.1) is 0 Å². The summed E-state index contributed by atoms with van der Waals surface area (Å²) in [6, 6.07) is 3.52. The Morgan fingerprint density at radius 2 is 2.05 bits per heavy atom. The molecule has 0 N–H and O–H groups in total. The van der Waals surface area contributed by atoms with Crippen LogP contribution in [0.4, 0.5) is 0 Å². The van der Waals surface area contributed by atoms with E-state index in [2.05, 4.69) is 0 Å². The number of benzene rings is 1. The van der Waals surface area contributed by atoms with E-state index in [9.17, 15) is 4.79 Å². The summed E-state index contributed by atoms with van der Waals surface area (Å²) in [5.74, 6) is -0.0247. The molecule has 1 aromatic carbocycles. The third-order valence-electron chi connectivity index (χ3n) is 3.52. The lowest BCUT2D eigenvalue weighted by Crippen LogP contribution is -2.38. The second-order valence-electron chi connectivity index (χ2n) is 4.81. The summed E-state index contributed by atoms with van der Waals surface area (Å²) in [5, 5.41) is 1.05. The minimum Gasteiger partial charge on any atom is -0.383 e. The van der Waals surface area contributed by atoms with Crippen LogP contribution >= 0.6 is 23.2 Å². The van der Waals surface area contributed by atoms with Gasteiger partial charge in [-0.3, -0.25) is 4.79 Å². The van der Waals surface area contributed by atoms with Gasteiger partial charge in [0.25, 0.3) is 5.91 Å². The first-order valence-corrected chi connectivity index (χ1v) is 7.05. The van der Waals surface area contributed by atoms with Gasteiger partial charge in [-0.25, -0.2) is 0 Å². The molecule has 19 heavy (non-hydrogen) atoms. The van der Waals surface area contributed by atoms with Crippen molar-refractivity contribution in [2.75, 3.05) is 20.3 Å². The zero-order valence-corrected chi connectivity index (χ0v) is 12.6. The molecule has 1 heterocycles. The molecule has 1 aliphatic heterocycles. The predicted octanol–water partition coefficient (Wildman–Crippen LogP) is 3.55. The van der Waals surface area contributed by atoms with Crippen LogP contribution in [0.25, 0.3) is 0 Å². The van der Waals surface area contributed by atoms with Crippen molar-refractivity contribution in [1.82, 2.24) is 4.90 Å². The highest BCUT2D eigenvalue weighted by Crippen LogP contribution is 2.28. The first-order valence-electron chi connectivity index (χ1n) is 6.30. The second kappa shape index (κ2) is 6.12. The average molecular weight is 302 g/mol. The summed E-state index contributed by atoms with van der Waals surface area (Å²) in [6.45, 7) is 3.16. The highest BCUT2D eigenvalue weighted by molar-refractivity contribution is 6.36. The highest BCUT2D eigenvalue weighted by Gasteiger charge is 2.29. The zero-order chi connectivity index (χ0) is 14.0. The lowest BCUT2D eigenvalue weighted by molar-refractivity contribution is 0.0630. The van der Waals surface area contributed by atoms with E-state index in [4.69, 9.17) is 27.9 Å². The first kappa shape index (κ1) is 14.6. The van der Waals surface area contributed by atoms with Gasteiger partial charge < -0.3 is 9.64 Å². The number of carbonyl (C=O) groups is 1. The number of hydrogen-bond donors (Lipinski definition) is 0. The predicted molar refractivity (Wildman–Crippen MR) is 77.1 cm³/mol. The van der Waals surface area contributed by atoms with E-state index in [1.807, 2.05) is 11.8 Å². The monoisotopic (exact) mass is 301 g/mol. The van der Waals surface area contributed by atoms with Crippen LogP contribution < -0.4 is 0 Å². The molecule has 1 atom stereocenters. The number of carbonyl (C=O) groups excluding carboxylic acids is 1. The van der Waals surface area contributed by atoms with E-state index in [1.165, 1.54) is 0 Å². The van der Waals surface area contributed by atoms with E-state index in [0.29, 0.717) is 22.2 Å². The van der Waals surface area contributed by atoms with E-state index in [1.54, 1.807) is 19.2 Å². The SMILES string of the molecule is COC[C@@H]1CCCN1C(=O)c1cc(Cl)c(C)c(Cl)c1. The number of amides is 1. The van der Waals surface area contributed by atoms with Crippen molar-refractivity contribution >= 4 is 29.1 Å². The maximum Gasteiger partial charge on any atom is 0.254 e. The van der Waals surface area contributed by atoms with Gasteiger partial charge >= 0.3 is 0 Å². The lowest BCUT2D eigenvalue weighted by atomic mass is 10.1. The third kappa shape index (κ3) is 3.04. The van der Waals surface area contributed by atoms with Crippen LogP contribution in [0.15, 0.2) is 12.1 Å². The summed E-state index contributed by atoms with van der Waals surface area (Å²) >= 11 is 12.2. The lowest BCUT2D eigenvalue weighted by Gasteiger charge is -2.24. The van der Waals surface area contributed by atoms with Crippen LogP contribution in [0.2, 0.25) is 10.0 Å². The Hall–Kier alpha value is -0.770. The molecule has 0 radical (unpaired) electrons. The number of nitrogens with zero attached hydrogens (tertiary/aromatic N) is 1. The first-order chi connectivity index (χ1) is 9.04. The van der Waals surface area contributed by atoms with Gasteiger partial charge in [-0.2, -0.15) is 0 Å². The topological polar surface area (TPSA) is 29.5 Å². The molecule has 0 aromatic heterocycles. The minimum atomic E-state index is -0.0247. The van der Waals surface area contributed by atoms with Crippen molar-refractivity contribution in [3.63, 3.8) is 0 Å². The van der Waals surface area contributed by atoms with Crippen molar-refractivity contribution in [3.8, 4) is 0 Å². The Kier molecular flexibility index (Phi) is 4.71. The van der Waals surface area contributed by atoms with Crippen LogP contribution in [0.1, 0.15) is 28.8 Å². The molecule has 104 valence electrons. The summed E-state index contributed by atoms with van der Waals surface area (Å²) in [5.41, 5.74) is 1.35. The molecule has 0 unspecified atom stereocenters. The Morgan fingerprint density at radius 1 is 1.42 bits per heavy atom.